The number of hydrogen-bond acceptors (Lipinski definition) is 7. The number of anilines is 2. The normalized spacial score (nSPS) is 17.0. The summed E-state index contributed by atoms with van der Waals surface area (Å²) in [6.07, 6.45) is -2.27. The number of aromatic nitrogens is 2. The lowest BCUT2D eigenvalue weighted by molar-refractivity contribution is -0.137. The minimum absolute atomic E-state index is 0.0976. The molecule has 4 aromatic rings. The summed E-state index contributed by atoms with van der Waals surface area (Å²) in [4.78, 5) is 26.4. The van der Waals surface area contributed by atoms with Gasteiger partial charge in [-0.3, -0.25) is 4.79 Å². The maximum atomic E-state index is 13.3. The third-order valence-corrected chi connectivity index (χ3v) is 8.92. The van der Waals surface area contributed by atoms with Gasteiger partial charge in [0.05, 0.1) is 17.4 Å². The van der Waals surface area contributed by atoms with Gasteiger partial charge in [-0.15, -0.1) is 0 Å². The van der Waals surface area contributed by atoms with E-state index in [-0.39, 0.29) is 12.0 Å². The molecule has 0 saturated carbocycles. The van der Waals surface area contributed by atoms with Crippen molar-refractivity contribution in [1.82, 2.24) is 15.3 Å². The van der Waals surface area contributed by atoms with Gasteiger partial charge in [0.2, 0.25) is 0 Å². The first kappa shape index (κ1) is 30.9. The van der Waals surface area contributed by atoms with E-state index >= 15 is 0 Å². The molecule has 1 atom stereocenters. The third-order valence-electron chi connectivity index (χ3n) is 8.00. The van der Waals surface area contributed by atoms with Gasteiger partial charge in [0, 0.05) is 68.0 Å². The number of ether oxygens (including phenoxy) is 1. The average molecular weight is 634 g/mol. The highest BCUT2D eigenvalue weighted by atomic mass is 32.2. The Morgan fingerprint density at radius 1 is 0.911 bits per heavy atom. The van der Waals surface area contributed by atoms with Crippen LogP contribution in [0.1, 0.15) is 34.3 Å². The van der Waals surface area contributed by atoms with Crippen LogP contribution in [0.25, 0.3) is 11.3 Å². The van der Waals surface area contributed by atoms with E-state index in [2.05, 4.69) is 10.2 Å². The lowest BCUT2D eigenvalue weighted by Crippen LogP contribution is -2.47. The summed E-state index contributed by atoms with van der Waals surface area (Å²) in [5.74, 6) is 1.30. The zero-order valence-electron chi connectivity index (χ0n) is 24.7. The molecule has 1 aromatic heterocycles. The minimum atomic E-state index is -4.37. The van der Waals surface area contributed by atoms with E-state index in [4.69, 9.17) is 14.7 Å². The van der Waals surface area contributed by atoms with Gasteiger partial charge in [-0.2, -0.15) is 13.2 Å². The Bertz CT molecular complexity index is 1590. The van der Waals surface area contributed by atoms with Crippen LogP contribution in [-0.4, -0.2) is 61.3 Å². The fourth-order valence-electron chi connectivity index (χ4n) is 5.48. The number of carbonyl (C=O) groups is 1. The molecule has 0 aliphatic carbocycles. The summed E-state index contributed by atoms with van der Waals surface area (Å²) in [6.45, 7) is 3.65. The highest BCUT2D eigenvalue weighted by Crippen LogP contribution is 2.33. The van der Waals surface area contributed by atoms with E-state index in [9.17, 15) is 18.0 Å². The average Bonchev–Trinajstić information content (AvgIpc) is 3.60. The first-order valence-corrected chi connectivity index (χ1v) is 16.0. The van der Waals surface area contributed by atoms with E-state index in [1.807, 2.05) is 65.6 Å². The number of carbonyl (C=O) groups excluding carboxylic acids is 1. The van der Waals surface area contributed by atoms with Crippen molar-refractivity contribution >= 4 is 29.2 Å². The van der Waals surface area contributed by atoms with Crippen molar-refractivity contribution in [2.45, 2.75) is 36.0 Å². The van der Waals surface area contributed by atoms with E-state index in [1.54, 1.807) is 6.07 Å². The van der Waals surface area contributed by atoms with Crippen LogP contribution in [0.15, 0.2) is 90.1 Å². The number of piperazine rings is 1. The molecular weight excluding hydrogens is 599 g/mol. The second-order valence-corrected chi connectivity index (χ2v) is 12.1. The van der Waals surface area contributed by atoms with Crippen LogP contribution in [0.3, 0.4) is 0 Å². The topological polar surface area (TPSA) is 70.6 Å². The maximum absolute atomic E-state index is 13.3. The Morgan fingerprint density at radius 3 is 2.38 bits per heavy atom. The lowest BCUT2D eigenvalue weighted by Gasteiger charge is -2.37. The fraction of sp³-hybridized carbons (Fsp3) is 0.324. The summed E-state index contributed by atoms with van der Waals surface area (Å²) in [7, 11) is 0. The summed E-state index contributed by atoms with van der Waals surface area (Å²) in [5, 5.41) is 3.59. The molecule has 0 radical (unpaired) electrons. The fourth-order valence-corrected chi connectivity index (χ4v) is 6.29. The predicted octanol–water partition coefficient (Wildman–Crippen LogP) is 6.69. The number of rotatable bonds is 9. The second-order valence-electron chi connectivity index (χ2n) is 11.1. The van der Waals surface area contributed by atoms with Gasteiger partial charge in [0.1, 0.15) is 5.82 Å². The van der Waals surface area contributed by atoms with E-state index < -0.39 is 11.7 Å². The number of halogens is 3. The highest BCUT2D eigenvalue weighted by molar-refractivity contribution is 7.98. The summed E-state index contributed by atoms with van der Waals surface area (Å²) < 4.78 is 45.4. The van der Waals surface area contributed by atoms with Crippen molar-refractivity contribution in [1.29, 1.82) is 0 Å². The van der Waals surface area contributed by atoms with Crippen LogP contribution in [0, 0.1) is 0 Å². The molecule has 2 saturated heterocycles. The smallest absolute Gasteiger partial charge is 0.376 e. The molecule has 2 aliphatic rings. The Kier molecular flexibility index (Phi) is 9.56. The molecule has 0 bridgehead atoms. The van der Waals surface area contributed by atoms with Crippen LogP contribution in [-0.2, 0) is 16.7 Å². The summed E-state index contributed by atoms with van der Waals surface area (Å²) >= 11 is 1.52. The molecular formula is C34H34F3N5O2S. The van der Waals surface area contributed by atoms with Crippen molar-refractivity contribution in [3.63, 3.8) is 0 Å². The molecule has 45 heavy (non-hydrogen) atoms. The van der Waals surface area contributed by atoms with Gasteiger partial charge in [0.15, 0.2) is 5.16 Å². The van der Waals surface area contributed by atoms with Crippen LogP contribution >= 0.6 is 11.8 Å². The molecule has 6 rings (SSSR count). The molecule has 3 heterocycles. The van der Waals surface area contributed by atoms with Gasteiger partial charge < -0.3 is 19.9 Å². The van der Waals surface area contributed by atoms with Crippen molar-refractivity contribution < 1.29 is 22.7 Å². The number of hydrogen-bond donors (Lipinski definition) is 1. The first-order valence-electron chi connectivity index (χ1n) is 15.0. The number of nitrogens with zero attached hydrogens (tertiary/aromatic N) is 4. The highest BCUT2D eigenvalue weighted by Gasteiger charge is 2.31. The van der Waals surface area contributed by atoms with Crippen LogP contribution < -0.4 is 15.1 Å². The lowest BCUT2D eigenvalue weighted by atomic mass is 10.1. The van der Waals surface area contributed by atoms with Crippen LogP contribution in [0.2, 0.25) is 0 Å². The van der Waals surface area contributed by atoms with Gasteiger partial charge >= 0.3 is 6.18 Å². The van der Waals surface area contributed by atoms with Crippen molar-refractivity contribution in [2.24, 2.45) is 0 Å². The second kappa shape index (κ2) is 13.9. The largest absolute Gasteiger partial charge is 0.416 e. The zero-order chi connectivity index (χ0) is 31.2. The Balaban J connectivity index is 1.12. The van der Waals surface area contributed by atoms with Crippen molar-refractivity contribution in [2.75, 3.05) is 49.1 Å². The zero-order valence-corrected chi connectivity index (χ0v) is 25.5. The van der Waals surface area contributed by atoms with Gasteiger partial charge in [-0.25, -0.2) is 9.97 Å². The number of nitrogens with one attached hydrogen (secondary N) is 1. The molecule has 0 spiro atoms. The molecule has 3 aromatic carbocycles. The number of alkyl halides is 3. The SMILES string of the molecule is O=C(NC[C@H]1CCCO1)c1ccc(CSc2nc(-c3ccccc3)cc(N3CCN(c4cccc(C(F)(F)F)c4)CC3)n2)cc1. The molecule has 1 amide bonds. The minimum Gasteiger partial charge on any atom is -0.376 e. The maximum Gasteiger partial charge on any atom is 0.416 e. The molecule has 2 aliphatic heterocycles. The predicted molar refractivity (Wildman–Crippen MR) is 171 cm³/mol. The first-order chi connectivity index (χ1) is 21.8. The van der Waals surface area contributed by atoms with Crippen molar-refractivity contribution in [3.8, 4) is 11.3 Å². The summed E-state index contributed by atoms with van der Waals surface area (Å²) in [6, 6.07) is 24.9. The van der Waals surface area contributed by atoms with E-state index in [0.29, 0.717) is 54.9 Å². The molecule has 1 N–H and O–H groups in total. The Morgan fingerprint density at radius 2 is 1.67 bits per heavy atom. The van der Waals surface area contributed by atoms with Crippen LogP contribution in [0.4, 0.5) is 24.7 Å². The quantitative estimate of drug-likeness (QED) is 0.163. The monoisotopic (exact) mass is 633 g/mol. The van der Waals surface area contributed by atoms with Crippen LogP contribution in [0.5, 0.6) is 0 Å². The standard InChI is InChI=1S/C34H34F3N5O2S/c35-34(36,37)27-8-4-9-28(20-27)41-15-17-42(18-16-41)31-21-30(25-6-2-1-3-7-25)39-33(40-31)45-23-24-11-13-26(14-12-24)32(43)38-22-29-10-5-19-44-29/h1-4,6-9,11-14,20-21,29H,5,10,15-19,22-23H2,(H,38,43)/t29-/m1/s1. The molecule has 234 valence electrons. The summed E-state index contributed by atoms with van der Waals surface area (Å²) in [5.41, 5.74) is 3.36. The van der Waals surface area contributed by atoms with Gasteiger partial charge in [-0.1, -0.05) is 60.3 Å². The number of amides is 1. The molecule has 2 fully saturated rings. The number of benzene rings is 3. The van der Waals surface area contributed by atoms with Gasteiger partial charge in [-0.05, 0) is 48.7 Å². The molecule has 0 unspecified atom stereocenters. The molecule has 7 nitrogen and oxygen atoms in total. The van der Waals surface area contributed by atoms with E-state index in [1.165, 1.54) is 23.9 Å². The third kappa shape index (κ3) is 7.96. The Labute approximate surface area is 264 Å². The van der Waals surface area contributed by atoms with Crippen molar-refractivity contribution in [3.05, 3.63) is 102 Å². The van der Waals surface area contributed by atoms with E-state index in [0.717, 1.165) is 48.2 Å². The molecule has 11 heteroatoms. The Hall–Kier alpha value is -4.09. The number of thioether (sulfide) groups is 1. The van der Waals surface area contributed by atoms with Gasteiger partial charge in [0.25, 0.3) is 5.91 Å².